The van der Waals surface area contributed by atoms with Crippen LogP contribution in [-0.2, 0) is 4.74 Å². The highest BCUT2D eigenvalue weighted by Crippen LogP contribution is 2.31. The maximum atomic E-state index is 11.7. The first kappa shape index (κ1) is 17.0. The highest BCUT2D eigenvalue weighted by Gasteiger charge is 2.28. The quantitative estimate of drug-likeness (QED) is 0.745. The van der Waals surface area contributed by atoms with Crippen molar-refractivity contribution in [2.75, 3.05) is 17.7 Å². The first-order valence-corrected chi connectivity index (χ1v) is 8.93. The van der Waals surface area contributed by atoms with Gasteiger partial charge in [0.2, 0.25) is 0 Å². The van der Waals surface area contributed by atoms with E-state index in [2.05, 4.69) is 22.5 Å². The summed E-state index contributed by atoms with van der Waals surface area (Å²) in [6.45, 7) is 2.21. The van der Waals surface area contributed by atoms with Gasteiger partial charge in [-0.15, -0.1) is 0 Å². The van der Waals surface area contributed by atoms with Crippen molar-refractivity contribution in [2.45, 2.75) is 63.6 Å². The van der Waals surface area contributed by atoms with Crippen molar-refractivity contribution in [1.82, 2.24) is 4.98 Å². The van der Waals surface area contributed by atoms with E-state index in [9.17, 15) is 4.79 Å². The van der Waals surface area contributed by atoms with Crippen LogP contribution in [0.15, 0.2) is 12.1 Å². The largest absolute Gasteiger partial charge is 0.381 e. The zero-order chi connectivity index (χ0) is 17.1. The lowest BCUT2D eigenvalue weighted by Crippen LogP contribution is -2.37. The molecule has 132 valence electrons. The predicted molar refractivity (Wildman–Crippen MR) is 95.2 cm³/mol. The number of hydrogen-bond donors (Lipinski definition) is 3. The molecule has 0 aromatic carbocycles. The Morgan fingerprint density at radius 3 is 2.46 bits per heavy atom. The van der Waals surface area contributed by atoms with Gasteiger partial charge >= 0.3 is 0 Å². The van der Waals surface area contributed by atoms with E-state index < -0.39 is 5.91 Å². The van der Waals surface area contributed by atoms with Gasteiger partial charge in [0.1, 0.15) is 11.6 Å². The molecule has 0 spiro atoms. The summed E-state index contributed by atoms with van der Waals surface area (Å²) in [5.41, 5.74) is 5.96. The van der Waals surface area contributed by atoms with Crippen molar-refractivity contribution >= 4 is 17.5 Å². The Bertz CT molecular complexity index is 584. The summed E-state index contributed by atoms with van der Waals surface area (Å²) >= 11 is 0. The summed E-state index contributed by atoms with van der Waals surface area (Å²) < 4.78 is 5.42. The average Bonchev–Trinajstić information content (AvgIpc) is 2.59. The number of nitrogens with one attached hydrogen (secondary N) is 2. The molecular formula is C18H28N4O2. The summed E-state index contributed by atoms with van der Waals surface area (Å²) in [5, 5.41) is 6.89. The molecule has 2 fully saturated rings. The molecule has 2 saturated carbocycles. The normalized spacial score (nSPS) is 29.6. The van der Waals surface area contributed by atoms with E-state index >= 15 is 0 Å². The second-order valence-electron chi connectivity index (χ2n) is 7.12. The van der Waals surface area contributed by atoms with E-state index in [-0.39, 0.29) is 0 Å². The van der Waals surface area contributed by atoms with Crippen molar-refractivity contribution in [1.29, 1.82) is 0 Å². The van der Waals surface area contributed by atoms with E-state index in [1.54, 1.807) is 13.2 Å². The maximum Gasteiger partial charge on any atom is 0.252 e. The Morgan fingerprint density at radius 2 is 1.92 bits per heavy atom. The predicted octanol–water partition coefficient (Wildman–Crippen LogP) is 2.76. The summed E-state index contributed by atoms with van der Waals surface area (Å²) in [5.74, 6) is 1.57. The Balaban J connectivity index is 1.68. The van der Waals surface area contributed by atoms with Gasteiger partial charge in [0.25, 0.3) is 5.91 Å². The minimum atomic E-state index is -0.441. The molecule has 2 atom stereocenters. The van der Waals surface area contributed by atoms with Crippen molar-refractivity contribution < 1.29 is 9.53 Å². The number of hydrogen-bond acceptors (Lipinski definition) is 5. The summed E-state index contributed by atoms with van der Waals surface area (Å²) in [4.78, 5) is 16.3. The number of methoxy groups -OCH3 is 1. The molecule has 24 heavy (non-hydrogen) atoms. The first-order valence-electron chi connectivity index (χ1n) is 8.93. The van der Waals surface area contributed by atoms with Crippen LogP contribution in [-0.4, -0.2) is 36.2 Å². The van der Waals surface area contributed by atoms with Gasteiger partial charge in [0.05, 0.1) is 11.7 Å². The Hall–Kier alpha value is -1.82. The van der Waals surface area contributed by atoms with Crippen molar-refractivity contribution in [3.05, 3.63) is 17.7 Å². The van der Waals surface area contributed by atoms with Gasteiger partial charge in [-0.05, 0) is 56.6 Å². The molecule has 1 heterocycles. The summed E-state index contributed by atoms with van der Waals surface area (Å²) in [7, 11) is 1.78. The fourth-order valence-corrected chi connectivity index (χ4v) is 3.56. The molecule has 0 radical (unpaired) electrons. The van der Waals surface area contributed by atoms with Crippen LogP contribution in [0.25, 0.3) is 0 Å². The third-order valence-electron chi connectivity index (χ3n) is 5.46. The topological polar surface area (TPSA) is 89.3 Å². The number of pyridine rings is 1. The van der Waals surface area contributed by atoms with Gasteiger partial charge in [0.15, 0.2) is 0 Å². The fourth-order valence-electron chi connectivity index (χ4n) is 3.56. The van der Waals surface area contributed by atoms with Crippen LogP contribution in [0.1, 0.15) is 55.8 Å². The van der Waals surface area contributed by atoms with Crippen LogP contribution < -0.4 is 16.4 Å². The molecule has 1 aromatic heterocycles. The maximum absolute atomic E-state index is 11.7. The smallest absolute Gasteiger partial charge is 0.252 e. The Kier molecular flexibility index (Phi) is 5.23. The van der Waals surface area contributed by atoms with Crippen molar-refractivity contribution in [3.8, 4) is 0 Å². The van der Waals surface area contributed by atoms with Crippen molar-refractivity contribution in [3.63, 3.8) is 0 Å². The van der Waals surface area contributed by atoms with E-state index in [1.165, 1.54) is 6.42 Å². The number of nitrogens with zero attached hydrogens (tertiary/aromatic N) is 1. The molecule has 0 saturated heterocycles. The molecule has 1 aromatic rings. The first-order chi connectivity index (χ1) is 11.6. The monoisotopic (exact) mass is 332 g/mol. The molecule has 0 aliphatic heterocycles. The second kappa shape index (κ2) is 7.38. The second-order valence-corrected chi connectivity index (χ2v) is 7.12. The zero-order valence-corrected chi connectivity index (χ0v) is 14.5. The molecule has 2 aliphatic carbocycles. The molecule has 3 rings (SSSR count). The van der Waals surface area contributed by atoms with Crippen LogP contribution in [0.3, 0.4) is 0 Å². The number of carbonyl (C=O) groups excluding carboxylic acids is 1. The molecule has 2 unspecified atom stereocenters. The van der Waals surface area contributed by atoms with Gasteiger partial charge in [0, 0.05) is 19.2 Å². The molecule has 4 N–H and O–H groups in total. The fraction of sp³-hybridized carbons (Fsp3) is 0.667. The number of ether oxygens (including phenoxy) is 1. The Morgan fingerprint density at radius 1 is 1.17 bits per heavy atom. The minimum Gasteiger partial charge on any atom is -0.381 e. The molecule has 1 amide bonds. The van der Waals surface area contributed by atoms with E-state index in [0.717, 1.165) is 37.9 Å². The number of amides is 1. The molecule has 0 bridgehead atoms. The zero-order valence-electron chi connectivity index (χ0n) is 14.5. The lowest BCUT2D eigenvalue weighted by molar-refractivity contribution is 0.0681. The third kappa shape index (κ3) is 3.80. The van der Waals surface area contributed by atoms with Gasteiger partial charge in [-0.25, -0.2) is 4.98 Å². The molecular weight excluding hydrogens is 304 g/mol. The summed E-state index contributed by atoms with van der Waals surface area (Å²) in [6, 6.07) is 4.39. The number of primary amides is 1. The number of rotatable bonds is 6. The number of aromatic nitrogens is 1. The van der Waals surface area contributed by atoms with Crippen LogP contribution >= 0.6 is 0 Å². The van der Waals surface area contributed by atoms with E-state index in [1.807, 2.05) is 6.07 Å². The van der Waals surface area contributed by atoms with Gasteiger partial charge < -0.3 is 21.1 Å². The third-order valence-corrected chi connectivity index (χ3v) is 5.46. The number of carbonyl (C=O) groups is 1. The SMILES string of the molecule is CO[C@H]1CC[C@H](Nc2ccc(C(N)=O)c(NC3CCC3C)n2)CC1. The molecule has 6 nitrogen and oxygen atoms in total. The highest BCUT2D eigenvalue weighted by molar-refractivity contribution is 5.97. The number of anilines is 2. The number of nitrogens with two attached hydrogens (primary N) is 1. The average molecular weight is 332 g/mol. The van der Waals surface area contributed by atoms with Crippen LogP contribution in [0.4, 0.5) is 11.6 Å². The lowest BCUT2D eigenvalue weighted by atomic mass is 9.81. The van der Waals surface area contributed by atoms with Crippen molar-refractivity contribution in [2.24, 2.45) is 11.7 Å². The molecule has 2 aliphatic rings. The molecule has 6 heteroatoms. The van der Waals surface area contributed by atoms with Gasteiger partial charge in [-0.3, -0.25) is 4.79 Å². The van der Waals surface area contributed by atoms with E-state index in [4.69, 9.17) is 10.5 Å². The van der Waals surface area contributed by atoms with Crippen LogP contribution in [0, 0.1) is 5.92 Å². The van der Waals surface area contributed by atoms with E-state index in [0.29, 0.717) is 35.5 Å². The van der Waals surface area contributed by atoms with Gasteiger partial charge in [-0.2, -0.15) is 0 Å². The van der Waals surface area contributed by atoms with Gasteiger partial charge in [-0.1, -0.05) is 6.92 Å². The lowest BCUT2D eigenvalue weighted by Gasteiger charge is -2.35. The minimum absolute atomic E-state index is 0.378. The highest BCUT2D eigenvalue weighted by atomic mass is 16.5. The van der Waals surface area contributed by atoms with Crippen LogP contribution in [0.5, 0.6) is 0 Å². The Labute approximate surface area is 143 Å². The standard InChI is InChI=1S/C18H28N4O2/c1-11-3-9-15(11)21-18-14(17(19)23)8-10-16(22-18)20-12-4-6-13(24-2)7-5-12/h8,10-13,15H,3-7,9H2,1-2H3,(H2,19,23)(H2,20,21,22)/t11?,12-,13-,15?. The van der Waals surface area contributed by atoms with Crippen LogP contribution in [0.2, 0.25) is 0 Å². The summed E-state index contributed by atoms with van der Waals surface area (Å²) in [6.07, 6.45) is 6.98.